The average molecular weight is 378 g/mol. The second-order valence-corrected chi connectivity index (χ2v) is 7.59. The van der Waals surface area contributed by atoms with E-state index in [0.717, 1.165) is 9.87 Å². The van der Waals surface area contributed by atoms with Crippen molar-refractivity contribution in [2.24, 2.45) is 0 Å². The minimum Gasteiger partial charge on any atom is -0.445 e. The number of likely N-dealkylation sites (N-methyl/N-ethyl adjacent to an activating group) is 1. The second kappa shape index (κ2) is 9.33. The van der Waals surface area contributed by atoms with Crippen molar-refractivity contribution in [2.75, 3.05) is 20.2 Å². The number of hydrogen-bond donors (Lipinski definition) is 2. The van der Waals surface area contributed by atoms with Crippen molar-refractivity contribution < 1.29 is 23.1 Å². The van der Waals surface area contributed by atoms with Gasteiger partial charge in [0.2, 0.25) is 10.0 Å². The van der Waals surface area contributed by atoms with E-state index in [-0.39, 0.29) is 31.2 Å². The zero-order chi connectivity index (χ0) is 19.0. The van der Waals surface area contributed by atoms with E-state index in [4.69, 9.17) is 9.84 Å². The molecule has 0 unspecified atom stereocenters. The molecule has 0 aliphatic carbocycles. The Labute approximate surface area is 153 Å². The lowest BCUT2D eigenvalue weighted by molar-refractivity contribution is 0.139. The van der Waals surface area contributed by atoms with Crippen LogP contribution in [-0.4, -0.2) is 44.1 Å². The van der Waals surface area contributed by atoms with Crippen LogP contribution in [0, 0.1) is 0 Å². The molecule has 0 saturated heterocycles. The summed E-state index contributed by atoms with van der Waals surface area (Å²) in [5, 5.41) is 11.5. The summed E-state index contributed by atoms with van der Waals surface area (Å²) in [5.41, 5.74) is 1.30. The molecule has 1 amide bonds. The van der Waals surface area contributed by atoms with E-state index in [1.807, 2.05) is 30.3 Å². The molecule has 0 aromatic heterocycles. The lowest BCUT2D eigenvalue weighted by atomic mass is 10.2. The van der Waals surface area contributed by atoms with Crippen LogP contribution in [0.3, 0.4) is 0 Å². The Bertz CT molecular complexity index is 824. The molecule has 26 heavy (non-hydrogen) atoms. The fourth-order valence-electron chi connectivity index (χ4n) is 2.27. The molecule has 8 heteroatoms. The lowest BCUT2D eigenvalue weighted by Crippen LogP contribution is -2.31. The normalized spacial score (nSPS) is 11.3. The van der Waals surface area contributed by atoms with Crippen molar-refractivity contribution in [3.8, 4) is 0 Å². The molecule has 2 aromatic rings. The van der Waals surface area contributed by atoms with Gasteiger partial charge in [-0.3, -0.25) is 0 Å². The average Bonchev–Trinajstić information content (AvgIpc) is 2.66. The summed E-state index contributed by atoms with van der Waals surface area (Å²) >= 11 is 0. The maximum Gasteiger partial charge on any atom is 0.407 e. The lowest BCUT2D eigenvalue weighted by Gasteiger charge is -2.18. The molecule has 0 heterocycles. The number of benzene rings is 2. The van der Waals surface area contributed by atoms with Crippen LogP contribution in [0.1, 0.15) is 11.1 Å². The van der Waals surface area contributed by atoms with Gasteiger partial charge in [0.1, 0.15) is 6.61 Å². The van der Waals surface area contributed by atoms with Gasteiger partial charge in [-0.05, 0) is 17.2 Å². The van der Waals surface area contributed by atoms with Crippen LogP contribution in [0.5, 0.6) is 0 Å². The maximum atomic E-state index is 12.6. The van der Waals surface area contributed by atoms with Gasteiger partial charge in [-0.25, -0.2) is 13.2 Å². The van der Waals surface area contributed by atoms with Crippen LogP contribution in [0.15, 0.2) is 59.5 Å². The molecule has 2 aromatic carbocycles. The number of carbonyl (C=O) groups is 1. The van der Waals surface area contributed by atoms with Gasteiger partial charge in [0.25, 0.3) is 0 Å². The third-order valence-corrected chi connectivity index (χ3v) is 5.67. The van der Waals surface area contributed by atoms with Crippen LogP contribution in [0.2, 0.25) is 0 Å². The number of carbonyl (C=O) groups excluding carboxylic acids is 1. The number of rotatable bonds is 8. The van der Waals surface area contributed by atoms with Crippen molar-refractivity contribution in [3.05, 3.63) is 65.7 Å². The van der Waals surface area contributed by atoms with Crippen molar-refractivity contribution in [2.45, 2.75) is 18.0 Å². The molecule has 7 nitrogen and oxygen atoms in total. The van der Waals surface area contributed by atoms with Gasteiger partial charge in [-0.1, -0.05) is 48.5 Å². The first-order valence-corrected chi connectivity index (χ1v) is 9.49. The zero-order valence-electron chi connectivity index (χ0n) is 14.5. The van der Waals surface area contributed by atoms with Crippen molar-refractivity contribution in [1.29, 1.82) is 0 Å². The number of ether oxygens (including phenoxy) is 1. The van der Waals surface area contributed by atoms with E-state index >= 15 is 0 Å². The summed E-state index contributed by atoms with van der Waals surface area (Å²) in [6.45, 7) is -0.146. The van der Waals surface area contributed by atoms with Gasteiger partial charge < -0.3 is 15.2 Å². The summed E-state index contributed by atoms with van der Waals surface area (Å²) in [4.78, 5) is 11.9. The van der Waals surface area contributed by atoms with E-state index in [2.05, 4.69) is 5.32 Å². The minimum absolute atomic E-state index is 0.00991. The Morgan fingerprint density at radius 3 is 2.46 bits per heavy atom. The fraction of sp³-hybridized carbons (Fsp3) is 0.278. The molecular weight excluding hydrogens is 356 g/mol. The Morgan fingerprint density at radius 1 is 1.12 bits per heavy atom. The predicted octanol–water partition coefficient (Wildman–Crippen LogP) is 1.73. The Morgan fingerprint density at radius 2 is 1.77 bits per heavy atom. The predicted molar refractivity (Wildman–Crippen MR) is 96.8 cm³/mol. The first-order chi connectivity index (χ1) is 12.4. The molecule has 2 rings (SSSR count). The third kappa shape index (κ3) is 5.29. The molecule has 0 spiro atoms. The topological polar surface area (TPSA) is 95.9 Å². The standard InChI is InChI=1S/C18H22N2O5S/c1-20(11-12-21)26(23,24)17-10-6-5-9-16(17)13-19-18(22)25-14-15-7-3-2-4-8-15/h2-10,21H,11-14H2,1H3,(H,19,22). The fourth-order valence-corrected chi connectivity index (χ4v) is 3.65. The minimum atomic E-state index is -3.75. The highest BCUT2D eigenvalue weighted by atomic mass is 32.2. The maximum absolute atomic E-state index is 12.6. The summed E-state index contributed by atoms with van der Waals surface area (Å²) in [7, 11) is -2.36. The SMILES string of the molecule is CN(CCO)S(=O)(=O)c1ccccc1CNC(=O)OCc1ccccc1. The number of alkyl carbamates (subject to hydrolysis) is 1. The van der Waals surface area contributed by atoms with Crippen molar-refractivity contribution in [3.63, 3.8) is 0 Å². The number of amides is 1. The number of sulfonamides is 1. The van der Waals surface area contributed by atoms with Gasteiger partial charge in [0.05, 0.1) is 11.5 Å². The number of hydrogen-bond acceptors (Lipinski definition) is 5. The van der Waals surface area contributed by atoms with E-state index in [9.17, 15) is 13.2 Å². The van der Waals surface area contributed by atoms with Crippen LogP contribution in [0.25, 0.3) is 0 Å². The first kappa shape index (κ1) is 19.9. The van der Waals surface area contributed by atoms with E-state index in [0.29, 0.717) is 5.56 Å². The van der Waals surface area contributed by atoms with Gasteiger partial charge in [-0.15, -0.1) is 0 Å². The van der Waals surface area contributed by atoms with Crippen molar-refractivity contribution in [1.82, 2.24) is 9.62 Å². The summed E-state index contributed by atoms with van der Waals surface area (Å²) < 4.78 is 31.3. The molecule has 0 radical (unpaired) electrons. The van der Waals surface area contributed by atoms with Gasteiger partial charge in [-0.2, -0.15) is 4.31 Å². The quantitative estimate of drug-likeness (QED) is 0.729. The molecule has 2 N–H and O–H groups in total. The monoisotopic (exact) mass is 378 g/mol. The highest BCUT2D eigenvalue weighted by Gasteiger charge is 2.23. The van der Waals surface area contributed by atoms with Crippen LogP contribution >= 0.6 is 0 Å². The molecule has 0 aliphatic heterocycles. The Kier molecular flexibility index (Phi) is 7.14. The number of aliphatic hydroxyl groups excluding tert-OH is 1. The zero-order valence-corrected chi connectivity index (χ0v) is 15.3. The summed E-state index contributed by atoms with van der Waals surface area (Å²) in [6, 6.07) is 15.6. The molecule has 0 fully saturated rings. The molecular formula is C18H22N2O5S. The van der Waals surface area contributed by atoms with E-state index in [1.165, 1.54) is 13.1 Å². The smallest absolute Gasteiger partial charge is 0.407 e. The third-order valence-electron chi connectivity index (χ3n) is 3.71. The van der Waals surface area contributed by atoms with Gasteiger partial charge in [0.15, 0.2) is 0 Å². The van der Waals surface area contributed by atoms with Crippen LogP contribution < -0.4 is 5.32 Å². The van der Waals surface area contributed by atoms with Gasteiger partial charge >= 0.3 is 6.09 Å². The Hall–Kier alpha value is -2.42. The van der Waals surface area contributed by atoms with E-state index in [1.54, 1.807) is 18.2 Å². The number of aliphatic hydroxyl groups is 1. The Balaban J connectivity index is 2.00. The second-order valence-electron chi connectivity index (χ2n) is 5.57. The first-order valence-electron chi connectivity index (χ1n) is 8.05. The highest BCUT2D eigenvalue weighted by Crippen LogP contribution is 2.19. The summed E-state index contributed by atoms with van der Waals surface area (Å²) in [5.74, 6) is 0. The van der Waals surface area contributed by atoms with Crippen molar-refractivity contribution >= 4 is 16.1 Å². The molecule has 0 bridgehead atoms. The summed E-state index contributed by atoms with van der Waals surface area (Å²) in [6.07, 6.45) is -0.634. The number of nitrogens with zero attached hydrogens (tertiary/aromatic N) is 1. The van der Waals surface area contributed by atoms with Gasteiger partial charge in [0, 0.05) is 20.1 Å². The highest BCUT2D eigenvalue weighted by molar-refractivity contribution is 7.89. The van der Waals surface area contributed by atoms with E-state index < -0.39 is 16.1 Å². The molecule has 0 saturated carbocycles. The molecule has 140 valence electrons. The van der Waals surface area contributed by atoms with Crippen LogP contribution in [-0.2, 0) is 27.9 Å². The molecule has 0 aliphatic rings. The largest absolute Gasteiger partial charge is 0.445 e. The number of nitrogens with one attached hydrogen (secondary N) is 1. The van der Waals surface area contributed by atoms with Crippen LogP contribution in [0.4, 0.5) is 4.79 Å². The molecule has 0 atom stereocenters.